The lowest BCUT2D eigenvalue weighted by Gasteiger charge is -2.34. The van der Waals surface area contributed by atoms with Crippen molar-refractivity contribution >= 4 is 28.4 Å². The van der Waals surface area contributed by atoms with Crippen LogP contribution in [0.4, 0.5) is 5.69 Å². The number of carbonyl (C=O) groups excluding carboxylic acids is 2. The summed E-state index contributed by atoms with van der Waals surface area (Å²) in [5, 5.41) is 4.27. The van der Waals surface area contributed by atoms with Crippen molar-refractivity contribution in [2.75, 3.05) is 26.2 Å². The molecule has 232 valence electrons. The molecule has 8 heteroatoms. The molecule has 8 nitrogen and oxygen atoms in total. The Morgan fingerprint density at radius 2 is 1.59 bits per heavy atom. The summed E-state index contributed by atoms with van der Waals surface area (Å²) in [6.45, 7) is 4.26. The first-order chi connectivity index (χ1) is 21.4. The van der Waals surface area contributed by atoms with Gasteiger partial charge in [-0.25, -0.2) is 0 Å². The number of fused-ring (bicyclic) bond motifs is 1. The van der Waals surface area contributed by atoms with Gasteiger partial charge in [0.05, 0.1) is 27.8 Å². The molecule has 1 fully saturated rings. The van der Waals surface area contributed by atoms with Crippen LogP contribution in [0.25, 0.3) is 10.9 Å². The molecule has 0 bridgehead atoms. The zero-order valence-corrected chi connectivity index (χ0v) is 26.3. The van der Waals surface area contributed by atoms with Crippen molar-refractivity contribution in [1.82, 2.24) is 10.3 Å². The van der Waals surface area contributed by atoms with Crippen molar-refractivity contribution in [3.63, 3.8) is 0 Å². The maximum atomic E-state index is 14.6. The zero-order chi connectivity index (χ0) is 31.2. The number of hydrogen-bond acceptors (Lipinski definition) is 5. The van der Waals surface area contributed by atoms with Crippen LogP contribution >= 0.6 is 0 Å². The standard InChI is InChI=1S/C36H43N3O5/c1-23(2)24-15-17-27(18-16-24)39(32(40)21-25-22-37-30-14-10-9-13-28(25)30)33(36(41)38-26-11-7-6-8-12-26)29-19-20-31(42-3)35(44-5)34(29)43-4/h9-10,13-20,22-23,26,33,37H,6-8,11-12,21H2,1-5H3,(H,38,41). The van der Waals surface area contributed by atoms with Crippen LogP contribution in [0, 0.1) is 0 Å². The van der Waals surface area contributed by atoms with Crippen LogP contribution < -0.4 is 24.4 Å². The fourth-order valence-corrected chi connectivity index (χ4v) is 6.25. The van der Waals surface area contributed by atoms with E-state index < -0.39 is 6.04 Å². The van der Waals surface area contributed by atoms with E-state index in [0.29, 0.717) is 34.4 Å². The van der Waals surface area contributed by atoms with Crippen LogP contribution in [0.1, 0.15) is 74.6 Å². The molecule has 0 radical (unpaired) electrons. The summed E-state index contributed by atoms with van der Waals surface area (Å²) in [6.07, 6.45) is 7.08. The van der Waals surface area contributed by atoms with Gasteiger partial charge in [-0.05, 0) is 60.2 Å². The van der Waals surface area contributed by atoms with E-state index in [0.717, 1.165) is 54.1 Å². The van der Waals surface area contributed by atoms with E-state index in [1.165, 1.54) is 14.2 Å². The first kappa shape index (κ1) is 31.0. The number of carbonyl (C=O) groups is 2. The summed E-state index contributed by atoms with van der Waals surface area (Å²) >= 11 is 0. The molecule has 1 saturated carbocycles. The summed E-state index contributed by atoms with van der Waals surface area (Å²) in [6, 6.07) is 18.4. The number of para-hydroxylation sites is 1. The van der Waals surface area contributed by atoms with Crippen LogP contribution in [-0.2, 0) is 16.0 Å². The molecule has 1 heterocycles. The zero-order valence-electron chi connectivity index (χ0n) is 26.3. The molecule has 5 rings (SSSR count). The minimum Gasteiger partial charge on any atom is -0.493 e. The second kappa shape index (κ2) is 13.9. The summed E-state index contributed by atoms with van der Waals surface area (Å²) in [4.78, 5) is 34.0. The van der Waals surface area contributed by atoms with Gasteiger partial charge >= 0.3 is 0 Å². The highest BCUT2D eigenvalue weighted by Gasteiger charge is 2.37. The van der Waals surface area contributed by atoms with Crippen molar-refractivity contribution in [3.05, 3.63) is 83.6 Å². The van der Waals surface area contributed by atoms with E-state index >= 15 is 0 Å². The third-order valence-corrected chi connectivity index (χ3v) is 8.61. The average molecular weight is 598 g/mol. The summed E-state index contributed by atoms with van der Waals surface area (Å²) in [5.41, 5.74) is 4.10. The molecule has 1 aliphatic rings. The van der Waals surface area contributed by atoms with Gasteiger partial charge in [0.25, 0.3) is 0 Å². The van der Waals surface area contributed by atoms with Crippen LogP contribution in [-0.4, -0.2) is 44.2 Å². The normalized spacial score (nSPS) is 14.3. The monoisotopic (exact) mass is 597 g/mol. The number of aromatic amines is 1. The van der Waals surface area contributed by atoms with Gasteiger partial charge in [0.2, 0.25) is 17.6 Å². The number of benzene rings is 3. The lowest BCUT2D eigenvalue weighted by atomic mass is 9.94. The first-order valence-electron chi connectivity index (χ1n) is 15.4. The lowest BCUT2D eigenvalue weighted by molar-refractivity contribution is -0.127. The van der Waals surface area contributed by atoms with Gasteiger partial charge in [-0.2, -0.15) is 0 Å². The SMILES string of the molecule is COc1ccc(C(C(=O)NC2CCCCC2)N(C(=O)Cc2c[nH]c3ccccc23)c2ccc(C(C)C)cc2)c(OC)c1OC. The Morgan fingerprint density at radius 1 is 0.886 bits per heavy atom. The number of amides is 2. The van der Waals surface area contributed by atoms with Gasteiger partial charge in [-0.3, -0.25) is 14.5 Å². The number of methoxy groups -OCH3 is 3. The second-order valence-corrected chi connectivity index (χ2v) is 11.7. The third-order valence-electron chi connectivity index (χ3n) is 8.61. The summed E-state index contributed by atoms with van der Waals surface area (Å²) in [7, 11) is 4.62. The molecular formula is C36H43N3O5. The highest BCUT2D eigenvalue weighted by Crippen LogP contribution is 2.45. The Kier molecular flexibility index (Phi) is 9.78. The maximum Gasteiger partial charge on any atom is 0.248 e. The summed E-state index contributed by atoms with van der Waals surface area (Å²) in [5.74, 6) is 1.02. The van der Waals surface area contributed by atoms with E-state index in [1.807, 2.05) is 54.7 Å². The van der Waals surface area contributed by atoms with Crippen molar-refractivity contribution in [1.29, 1.82) is 0 Å². The highest BCUT2D eigenvalue weighted by atomic mass is 16.5. The van der Waals surface area contributed by atoms with E-state index in [2.05, 4.69) is 24.1 Å². The average Bonchev–Trinajstić information content (AvgIpc) is 3.45. The first-order valence-corrected chi connectivity index (χ1v) is 15.4. The molecule has 4 aromatic rings. The molecule has 2 N–H and O–H groups in total. The van der Waals surface area contributed by atoms with Crippen LogP contribution in [0.3, 0.4) is 0 Å². The molecule has 3 aromatic carbocycles. The van der Waals surface area contributed by atoms with Gasteiger partial charge in [0.1, 0.15) is 6.04 Å². The van der Waals surface area contributed by atoms with E-state index in [-0.39, 0.29) is 24.3 Å². The molecule has 1 unspecified atom stereocenters. The smallest absolute Gasteiger partial charge is 0.248 e. The molecule has 44 heavy (non-hydrogen) atoms. The molecule has 0 spiro atoms. The van der Waals surface area contributed by atoms with Gasteiger partial charge in [0.15, 0.2) is 11.5 Å². The Hall–Kier alpha value is -4.46. The third kappa shape index (κ3) is 6.39. The van der Waals surface area contributed by atoms with E-state index in [4.69, 9.17) is 14.2 Å². The summed E-state index contributed by atoms with van der Waals surface area (Å²) < 4.78 is 17.1. The predicted octanol–water partition coefficient (Wildman–Crippen LogP) is 7.08. The molecule has 1 aromatic heterocycles. The number of hydrogen-bond donors (Lipinski definition) is 2. The molecular weight excluding hydrogens is 554 g/mol. The number of aromatic nitrogens is 1. The predicted molar refractivity (Wildman–Crippen MR) is 174 cm³/mol. The quantitative estimate of drug-likeness (QED) is 0.193. The number of H-pyrrole nitrogens is 1. The Bertz CT molecular complexity index is 1590. The number of ether oxygens (including phenoxy) is 3. The van der Waals surface area contributed by atoms with Crippen molar-refractivity contribution in [2.45, 2.75) is 70.4 Å². The van der Waals surface area contributed by atoms with Gasteiger partial charge < -0.3 is 24.5 Å². The number of nitrogens with one attached hydrogen (secondary N) is 2. The van der Waals surface area contributed by atoms with Crippen molar-refractivity contribution in [3.8, 4) is 17.2 Å². The Labute approximate surface area is 259 Å². The minimum absolute atomic E-state index is 0.0405. The number of rotatable bonds is 11. The van der Waals surface area contributed by atoms with Crippen molar-refractivity contribution < 1.29 is 23.8 Å². The largest absolute Gasteiger partial charge is 0.493 e. The minimum atomic E-state index is -1.03. The molecule has 0 saturated heterocycles. The van der Waals surface area contributed by atoms with Crippen LogP contribution in [0.5, 0.6) is 17.2 Å². The Balaban J connectivity index is 1.66. The second-order valence-electron chi connectivity index (χ2n) is 11.7. The van der Waals surface area contributed by atoms with E-state index in [9.17, 15) is 9.59 Å². The highest BCUT2D eigenvalue weighted by molar-refractivity contribution is 6.04. The van der Waals surface area contributed by atoms with Gasteiger partial charge in [-0.1, -0.05) is 63.4 Å². The Morgan fingerprint density at radius 3 is 2.25 bits per heavy atom. The van der Waals surface area contributed by atoms with E-state index in [1.54, 1.807) is 24.1 Å². The van der Waals surface area contributed by atoms with Gasteiger partial charge in [0, 0.05) is 34.4 Å². The maximum absolute atomic E-state index is 14.6. The molecule has 2 amide bonds. The molecule has 1 atom stereocenters. The lowest BCUT2D eigenvalue weighted by Crippen LogP contribution is -2.48. The van der Waals surface area contributed by atoms with Gasteiger partial charge in [-0.15, -0.1) is 0 Å². The molecule has 1 aliphatic carbocycles. The van der Waals surface area contributed by atoms with Crippen LogP contribution in [0.15, 0.2) is 66.9 Å². The topological polar surface area (TPSA) is 92.9 Å². The van der Waals surface area contributed by atoms with Crippen molar-refractivity contribution in [2.24, 2.45) is 0 Å². The number of nitrogens with zero attached hydrogens (tertiary/aromatic N) is 1. The molecule has 0 aliphatic heterocycles. The number of anilines is 1. The fourth-order valence-electron chi connectivity index (χ4n) is 6.25. The fraction of sp³-hybridized carbons (Fsp3) is 0.389. The van der Waals surface area contributed by atoms with Crippen LogP contribution in [0.2, 0.25) is 0 Å².